The topological polar surface area (TPSA) is 89.9 Å². The molecule has 0 saturated heterocycles. The summed E-state index contributed by atoms with van der Waals surface area (Å²) in [5, 5.41) is 4.12. The Morgan fingerprint density at radius 2 is 2.11 bits per heavy atom. The predicted molar refractivity (Wildman–Crippen MR) is 108 cm³/mol. The number of thiazole rings is 1. The van der Waals surface area contributed by atoms with Crippen molar-refractivity contribution in [2.45, 2.75) is 32.4 Å². The summed E-state index contributed by atoms with van der Waals surface area (Å²) in [5.41, 5.74) is 0.295. The van der Waals surface area contributed by atoms with Crippen molar-refractivity contribution in [1.82, 2.24) is 10.3 Å². The second-order valence-corrected chi connectivity index (χ2v) is 8.96. The van der Waals surface area contributed by atoms with E-state index in [0.29, 0.717) is 5.75 Å². The van der Waals surface area contributed by atoms with Gasteiger partial charge in [-0.25, -0.2) is 4.98 Å². The zero-order valence-electron chi connectivity index (χ0n) is 15.6. The number of amides is 1. The van der Waals surface area contributed by atoms with Gasteiger partial charge in [-0.2, -0.15) is 0 Å². The van der Waals surface area contributed by atoms with Gasteiger partial charge in [0.1, 0.15) is 34.0 Å². The van der Waals surface area contributed by atoms with E-state index in [-0.39, 0.29) is 12.5 Å². The monoisotopic (exact) mass is 407 g/mol. The number of fused-ring (bicyclic) bond motifs is 1. The molecule has 1 aliphatic rings. The molecule has 0 fully saturated rings. The lowest BCUT2D eigenvalue weighted by molar-refractivity contribution is -0.154. The molecule has 0 unspecified atom stereocenters. The van der Waals surface area contributed by atoms with Crippen LogP contribution in [-0.4, -0.2) is 53.0 Å². The van der Waals surface area contributed by atoms with Gasteiger partial charge in [-0.3, -0.25) is 14.6 Å². The minimum absolute atomic E-state index is 0.164. The fraction of sp³-hybridized carbons (Fsp3) is 0.444. The number of rotatable bonds is 5. The van der Waals surface area contributed by atoms with Gasteiger partial charge in [-0.1, -0.05) is 0 Å². The maximum absolute atomic E-state index is 12.3. The van der Waals surface area contributed by atoms with Crippen LogP contribution in [0.4, 0.5) is 0 Å². The van der Waals surface area contributed by atoms with E-state index in [1.807, 2.05) is 18.2 Å². The van der Waals surface area contributed by atoms with Crippen LogP contribution in [0.3, 0.4) is 0 Å². The van der Waals surface area contributed by atoms with Crippen molar-refractivity contribution in [3.8, 4) is 5.75 Å². The average molecular weight is 408 g/mol. The van der Waals surface area contributed by atoms with Crippen molar-refractivity contribution in [3.05, 3.63) is 23.2 Å². The normalized spacial score (nSPS) is 16.9. The molecule has 2 aromatic rings. The molecule has 27 heavy (non-hydrogen) atoms. The first-order chi connectivity index (χ1) is 12.7. The molecule has 1 N–H and O–H groups in total. The first-order valence-corrected chi connectivity index (χ1v) is 10.2. The van der Waals surface area contributed by atoms with E-state index in [1.54, 1.807) is 27.9 Å². The van der Waals surface area contributed by atoms with Crippen LogP contribution >= 0.6 is 23.1 Å². The first kappa shape index (κ1) is 19.6. The van der Waals surface area contributed by atoms with Gasteiger partial charge in [0, 0.05) is 5.75 Å². The van der Waals surface area contributed by atoms with Crippen LogP contribution in [-0.2, 0) is 14.3 Å². The molecule has 1 atom stereocenters. The zero-order valence-corrected chi connectivity index (χ0v) is 17.2. The van der Waals surface area contributed by atoms with Crippen LogP contribution in [0.1, 0.15) is 25.8 Å². The molecule has 0 bridgehead atoms. The fourth-order valence-electron chi connectivity index (χ4n) is 2.40. The number of esters is 1. The smallest absolute Gasteiger partial charge is 0.325 e. The molecule has 7 nitrogen and oxygen atoms in total. The lowest BCUT2D eigenvalue weighted by Gasteiger charge is -2.19. The molecule has 3 rings (SSSR count). The van der Waals surface area contributed by atoms with E-state index in [1.165, 1.54) is 23.1 Å². The molecule has 1 amide bonds. The van der Waals surface area contributed by atoms with Crippen LogP contribution in [0.2, 0.25) is 0 Å². The molecule has 1 aromatic carbocycles. The highest BCUT2D eigenvalue weighted by molar-refractivity contribution is 8.15. The van der Waals surface area contributed by atoms with Crippen LogP contribution in [0.15, 0.2) is 23.2 Å². The average Bonchev–Trinajstić information content (AvgIpc) is 3.23. The third-order valence-electron chi connectivity index (χ3n) is 3.56. The van der Waals surface area contributed by atoms with E-state index in [0.717, 1.165) is 26.0 Å². The second kappa shape index (κ2) is 7.85. The molecule has 2 heterocycles. The molecule has 0 spiro atoms. The van der Waals surface area contributed by atoms with Crippen LogP contribution in [0.25, 0.3) is 10.2 Å². The number of nitrogens with one attached hydrogen (secondary N) is 1. The van der Waals surface area contributed by atoms with E-state index in [4.69, 9.17) is 9.47 Å². The van der Waals surface area contributed by atoms with E-state index < -0.39 is 17.6 Å². The maximum atomic E-state index is 12.3. The van der Waals surface area contributed by atoms with Crippen molar-refractivity contribution >= 4 is 50.2 Å². The Bertz CT molecular complexity index is 902. The number of hydrogen-bond donors (Lipinski definition) is 1. The van der Waals surface area contributed by atoms with E-state index >= 15 is 0 Å². The Morgan fingerprint density at radius 1 is 1.33 bits per heavy atom. The number of aliphatic imine (C=N–C) groups is 1. The van der Waals surface area contributed by atoms with Crippen molar-refractivity contribution in [2.75, 3.05) is 19.4 Å². The zero-order chi connectivity index (χ0) is 19.6. The van der Waals surface area contributed by atoms with E-state index in [9.17, 15) is 9.59 Å². The molecule has 1 aliphatic heterocycles. The number of benzene rings is 1. The molecule has 0 radical (unpaired) electrons. The maximum Gasteiger partial charge on any atom is 0.325 e. The highest BCUT2D eigenvalue weighted by atomic mass is 32.2. The molecular formula is C18H21N3O4S2. The van der Waals surface area contributed by atoms with Crippen molar-refractivity contribution in [2.24, 2.45) is 4.99 Å². The predicted octanol–water partition coefficient (Wildman–Crippen LogP) is 2.62. The Morgan fingerprint density at radius 3 is 2.81 bits per heavy atom. The third kappa shape index (κ3) is 4.98. The second-order valence-electron chi connectivity index (χ2n) is 6.92. The van der Waals surface area contributed by atoms with Gasteiger partial charge in [0.05, 0.1) is 17.3 Å². The Labute approximate surface area is 165 Å². The largest absolute Gasteiger partial charge is 0.497 e. The number of methoxy groups -OCH3 is 1. The summed E-state index contributed by atoms with van der Waals surface area (Å²) in [5.74, 6) is 0.546. The van der Waals surface area contributed by atoms with Crippen molar-refractivity contribution < 1.29 is 19.1 Å². The minimum Gasteiger partial charge on any atom is -0.497 e. The summed E-state index contributed by atoms with van der Waals surface area (Å²) in [4.78, 5) is 33.1. The minimum atomic E-state index is -0.578. The number of thioether (sulfide) groups is 1. The van der Waals surface area contributed by atoms with Crippen LogP contribution < -0.4 is 10.1 Å². The number of carbonyl (C=O) groups is 2. The Balaban J connectivity index is 1.64. The molecule has 0 saturated carbocycles. The molecule has 1 aromatic heterocycles. The standard InChI is InChI=1S/C18H21N3O4S2/c1-18(2,3)25-14(22)8-19-15(23)12-9-26-16(21-12)17-20-11-6-5-10(24-4)7-13(11)27-17/h5-7,12H,8-9H2,1-4H3,(H,19,23)/t12-/m1/s1. The van der Waals surface area contributed by atoms with Gasteiger partial charge in [-0.05, 0) is 39.0 Å². The van der Waals surface area contributed by atoms with Gasteiger partial charge in [0.25, 0.3) is 0 Å². The van der Waals surface area contributed by atoms with Crippen molar-refractivity contribution in [3.63, 3.8) is 0 Å². The van der Waals surface area contributed by atoms with Gasteiger partial charge < -0.3 is 14.8 Å². The summed E-state index contributed by atoms with van der Waals surface area (Å²) >= 11 is 3.00. The lowest BCUT2D eigenvalue weighted by atomic mass is 10.2. The Kier molecular flexibility index (Phi) is 5.71. The van der Waals surface area contributed by atoms with Crippen LogP contribution in [0, 0.1) is 0 Å². The summed E-state index contributed by atoms with van der Waals surface area (Å²) in [6.07, 6.45) is 0. The van der Waals surface area contributed by atoms with Gasteiger partial charge >= 0.3 is 5.97 Å². The molecular weight excluding hydrogens is 386 g/mol. The van der Waals surface area contributed by atoms with Crippen molar-refractivity contribution in [1.29, 1.82) is 0 Å². The number of nitrogens with zero attached hydrogens (tertiary/aromatic N) is 2. The highest BCUT2D eigenvalue weighted by Gasteiger charge is 2.28. The molecule has 0 aliphatic carbocycles. The number of ether oxygens (including phenoxy) is 2. The summed E-state index contributed by atoms with van der Waals surface area (Å²) in [6.45, 7) is 5.18. The molecule has 144 valence electrons. The number of carbonyl (C=O) groups excluding carboxylic acids is 2. The first-order valence-electron chi connectivity index (χ1n) is 8.40. The summed E-state index contributed by atoms with van der Waals surface area (Å²) < 4.78 is 11.4. The van der Waals surface area contributed by atoms with Crippen LogP contribution in [0.5, 0.6) is 5.75 Å². The SMILES string of the molecule is COc1ccc2nc(C3=N[C@@H](C(=O)NCC(=O)OC(C)(C)C)CS3)sc2c1. The third-order valence-corrected chi connectivity index (χ3v) is 5.77. The highest BCUT2D eigenvalue weighted by Crippen LogP contribution is 2.31. The fourth-order valence-corrected chi connectivity index (χ4v) is 4.50. The van der Waals surface area contributed by atoms with Gasteiger partial charge in [-0.15, -0.1) is 23.1 Å². The summed E-state index contributed by atoms with van der Waals surface area (Å²) in [6, 6.07) is 5.16. The molecule has 9 heteroatoms. The quantitative estimate of drug-likeness (QED) is 0.767. The van der Waals surface area contributed by atoms with E-state index in [2.05, 4.69) is 15.3 Å². The number of hydrogen-bond acceptors (Lipinski definition) is 8. The van der Waals surface area contributed by atoms with Gasteiger partial charge in [0.2, 0.25) is 5.91 Å². The number of aromatic nitrogens is 1. The van der Waals surface area contributed by atoms with Gasteiger partial charge in [0.15, 0.2) is 0 Å². The summed E-state index contributed by atoms with van der Waals surface area (Å²) in [7, 11) is 1.63. The Hall–Kier alpha value is -2.13. The lowest BCUT2D eigenvalue weighted by Crippen LogP contribution is -2.39.